The van der Waals surface area contributed by atoms with Crippen LogP contribution in [0.15, 0.2) is 23.9 Å². The van der Waals surface area contributed by atoms with Gasteiger partial charge in [-0.2, -0.15) is 0 Å². The van der Waals surface area contributed by atoms with Gasteiger partial charge in [0.2, 0.25) is 0 Å². The molecule has 0 rings (SSSR count). The highest BCUT2D eigenvalue weighted by atomic mass is 14.9. The Morgan fingerprint density at radius 2 is 2.11 bits per heavy atom. The third kappa shape index (κ3) is 3.71. The molecule has 0 radical (unpaired) electrons. The molecule has 0 aromatic carbocycles. The van der Waals surface area contributed by atoms with Gasteiger partial charge < -0.3 is 0 Å². The topological polar surface area (TPSA) is 3.01 Å². The summed E-state index contributed by atoms with van der Waals surface area (Å²) in [4.78, 5) is 0. The summed E-state index contributed by atoms with van der Waals surface area (Å²) in [5, 5.41) is 0. The first-order valence-corrected chi connectivity index (χ1v) is 3.02. The smallest absolute Gasteiger partial charge is 0.177 e. The third-order valence-electron chi connectivity index (χ3n) is 1.13. The highest BCUT2D eigenvalue weighted by Gasteiger charge is 1.90. The summed E-state index contributed by atoms with van der Waals surface area (Å²) in [7, 11) is 1.93. The molecule has 0 fully saturated rings. The van der Waals surface area contributed by atoms with Crippen molar-refractivity contribution in [1.82, 2.24) is 0 Å². The second-order valence-electron chi connectivity index (χ2n) is 2.03. The van der Waals surface area contributed by atoms with Crippen LogP contribution in [0.3, 0.4) is 0 Å². The van der Waals surface area contributed by atoms with Gasteiger partial charge in [-0.05, 0) is 6.92 Å². The summed E-state index contributed by atoms with van der Waals surface area (Å²) in [6.07, 6.45) is 6.01. The predicted molar refractivity (Wildman–Crippen MR) is 41.9 cm³/mol. The van der Waals surface area contributed by atoms with Crippen LogP contribution in [0.5, 0.6) is 0 Å². The van der Waals surface area contributed by atoms with Crippen LogP contribution in [0, 0.1) is 0 Å². The van der Waals surface area contributed by atoms with Crippen molar-refractivity contribution in [1.29, 1.82) is 0 Å². The highest BCUT2D eigenvalue weighted by Crippen LogP contribution is 1.90. The minimum atomic E-state index is 1.16. The number of rotatable bonds is 2. The molecule has 9 heavy (non-hydrogen) atoms. The minimum Gasteiger partial charge on any atom is -0.212 e. The Labute approximate surface area is 57.0 Å². The normalized spacial score (nSPS) is 12.6. The number of hydrogen-bond donors (Lipinski definition) is 0. The molecule has 0 atom stereocenters. The van der Waals surface area contributed by atoms with Gasteiger partial charge in [-0.25, -0.2) is 4.58 Å². The Bertz CT molecular complexity index is 152. The SMILES string of the molecule is C=[N+](C)C(C)=CC=CC. The molecule has 0 amide bonds. The zero-order chi connectivity index (χ0) is 7.28. The molecule has 0 aliphatic heterocycles. The van der Waals surface area contributed by atoms with Crippen LogP contribution in [0.2, 0.25) is 0 Å². The van der Waals surface area contributed by atoms with E-state index in [9.17, 15) is 0 Å². The molecular weight excluding hydrogens is 110 g/mol. The van der Waals surface area contributed by atoms with Gasteiger partial charge in [0.25, 0.3) is 0 Å². The lowest BCUT2D eigenvalue weighted by atomic mass is 10.4. The fraction of sp³-hybridized carbons (Fsp3) is 0.375. The maximum absolute atomic E-state index is 3.72. The van der Waals surface area contributed by atoms with Gasteiger partial charge in [0.1, 0.15) is 13.8 Å². The van der Waals surface area contributed by atoms with E-state index in [1.165, 1.54) is 0 Å². The fourth-order valence-electron chi connectivity index (χ4n) is 0.363. The van der Waals surface area contributed by atoms with Gasteiger partial charge in [-0.15, -0.1) is 0 Å². The Morgan fingerprint density at radius 1 is 1.56 bits per heavy atom. The van der Waals surface area contributed by atoms with Crippen LogP contribution in [0.1, 0.15) is 13.8 Å². The van der Waals surface area contributed by atoms with E-state index in [1.54, 1.807) is 0 Å². The van der Waals surface area contributed by atoms with Crippen molar-refractivity contribution in [2.75, 3.05) is 7.05 Å². The average molecular weight is 124 g/mol. The molecule has 0 saturated carbocycles. The van der Waals surface area contributed by atoms with Crippen molar-refractivity contribution in [3.63, 3.8) is 0 Å². The molecule has 50 valence electrons. The molecule has 0 N–H and O–H groups in total. The van der Waals surface area contributed by atoms with Gasteiger partial charge in [0, 0.05) is 13.0 Å². The van der Waals surface area contributed by atoms with E-state index >= 15 is 0 Å². The molecule has 0 aliphatic carbocycles. The lowest BCUT2D eigenvalue weighted by molar-refractivity contribution is -0.433. The Morgan fingerprint density at radius 3 is 2.44 bits per heavy atom. The summed E-state index contributed by atoms with van der Waals surface area (Å²) in [6.45, 7) is 7.74. The predicted octanol–water partition coefficient (Wildman–Crippen LogP) is 1.81. The lowest BCUT2D eigenvalue weighted by Crippen LogP contribution is -1.96. The van der Waals surface area contributed by atoms with Crippen molar-refractivity contribution in [2.45, 2.75) is 13.8 Å². The van der Waals surface area contributed by atoms with Crippen molar-refractivity contribution >= 4 is 6.72 Å². The van der Waals surface area contributed by atoms with Crippen LogP contribution < -0.4 is 0 Å². The van der Waals surface area contributed by atoms with Crippen molar-refractivity contribution in [3.8, 4) is 0 Å². The molecule has 0 aromatic heterocycles. The first kappa shape index (κ1) is 8.15. The number of allylic oxidation sites excluding steroid dienone is 4. The second kappa shape index (κ2) is 4.07. The van der Waals surface area contributed by atoms with Gasteiger partial charge >= 0.3 is 0 Å². The molecule has 1 heteroatoms. The monoisotopic (exact) mass is 124 g/mol. The van der Waals surface area contributed by atoms with E-state index in [2.05, 4.69) is 6.72 Å². The summed E-state index contributed by atoms with van der Waals surface area (Å²) in [5.74, 6) is 0. The van der Waals surface area contributed by atoms with Gasteiger partial charge in [-0.1, -0.05) is 12.2 Å². The first-order valence-electron chi connectivity index (χ1n) is 3.02. The second-order valence-corrected chi connectivity index (χ2v) is 2.03. The van der Waals surface area contributed by atoms with Crippen LogP contribution in [0.25, 0.3) is 0 Å². The minimum absolute atomic E-state index is 1.16. The van der Waals surface area contributed by atoms with E-state index < -0.39 is 0 Å². The maximum atomic E-state index is 3.72. The van der Waals surface area contributed by atoms with Crippen LogP contribution in [0.4, 0.5) is 0 Å². The Hall–Kier alpha value is -0.850. The van der Waals surface area contributed by atoms with Crippen LogP contribution in [-0.4, -0.2) is 18.3 Å². The molecule has 0 unspecified atom stereocenters. The van der Waals surface area contributed by atoms with Crippen LogP contribution >= 0.6 is 0 Å². The van der Waals surface area contributed by atoms with E-state index in [0.717, 1.165) is 5.70 Å². The molecule has 0 saturated heterocycles. The zero-order valence-corrected chi connectivity index (χ0v) is 6.39. The quantitative estimate of drug-likeness (QED) is 0.300. The molecule has 0 spiro atoms. The molecule has 0 bridgehead atoms. The van der Waals surface area contributed by atoms with E-state index in [4.69, 9.17) is 0 Å². The summed E-state index contributed by atoms with van der Waals surface area (Å²) in [5.41, 5.74) is 1.16. The molecule has 0 aliphatic rings. The zero-order valence-electron chi connectivity index (χ0n) is 6.39. The van der Waals surface area contributed by atoms with Crippen molar-refractivity contribution in [2.24, 2.45) is 0 Å². The highest BCUT2D eigenvalue weighted by molar-refractivity contribution is 5.17. The van der Waals surface area contributed by atoms with Gasteiger partial charge in [0.05, 0.1) is 0 Å². The molecule has 1 nitrogen and oxygen atoms in total. The maximum Gasteiger partial charge on any atom is 0.177 e. The summed E-state index contributed by atoms with van der Waals surface area (Å²) >= 11 is 0. The average Bonchev–Trinajstić information content (AvgIpc) is 1.82. The van der Waals surface area contributed by atoms with Gasteiger partial charge in [-0.3, -0.25) is 0 Å². The van der Waals surface area contributed by atoms with Crippen molar-refractivity contribution in [3.05, 3.63) is 23.9 Å². The standard InChI is InChI=1S/C8H14N/c1-5-6-7-8(2)9(3)4/h5-7H,3H2,1-2,4H3/q+1. The Kier molecular flexibility index (Phi) is 3.69. The largest absolute Gasteiger partial charge is 0.212 e. The van der Waals surface area contributed by atoms with Crippen molar-refractivity contribution < 1.29 is 4.58 Å². The third-order valence-corrected chi connectivity index (χ3v) is 1.13. The van der Waals surface area contributed by atoms with Crippen LogP contribution in [-0.2, 0) is 0 Å². The van der Waals surface area contributed by atoms with E-state index in [1.807, 2.05) is 43.7 Å². The van der Waals surface area contributed by atoms with E-state index in [-0.39, 0.29) is 0 Å². The first-order chi connectivity index (χ1) is 4.18. The summed E-state index contributed by atoms with van der Waals surface area (Å²) in [6, 6.07) is 0. The van der Waals surface area contributed by atoms with E-state index in [0.29, 0.717) is 0 Å². The van der Waals surface area contributed by atoms with Gasteiger partial charge in [0.15, 0.2) is 5.70 Å². The number of nitrogens with zero attached hydrogens (tertiary/aromatic N) is 1. The molecule has 0 heterocycles. The molecule has 0 aromatic rings. The lowest BCUT2D eigenvalue weighted by Gasteiger charge is -1.87. The summed E-state index contributed by atoms with van der Waals surface area (Å²) < 4.78 is 1.83. The number of hydrogen-bond acceptors (Lipinski definition) is 0. The fourth-order valence-corrected chi connectivity index (χ4v) is 0.363. The molecular formula is C8H14N+. The Balaban J connectivity index is 4.00.